The first kappa shape index (κ1) is 8.74. The van der Waals surface area contributed by atoms with E-state index in [4.69, 9.17) is 0 Å². The van der Waals surface area contributed by atoms with Gasteiger partial charge < -0.3 is 5.11 Å². The van der Waals surface area contributed by atoms with Crippen molar-refractivity contribution in [2.45, 2.75) is 26.4 Å². The Labute approximate surface area is 102 Å². The Kier molecular flexibility index (Phi) is 1.00. The monoisotopic (exact) mass is 228 g/mol. The summed E-state index contributed by atoms with van der Waals surface area (Å²) < 4.78 is 0. The highest BCUT2D eigenvalue weighted by Gasteiger charge is 3.01. The molecule has 0 amide bonds. The fourth-order valence-electron chi connectivity index (χ4n) is 8.52. The van der Waals surface area contributed by atoms with E-state index in [9.17, 15) is 5.11 Å². The van der Waals surface area contributed by atoms with Crippen LogP contribution in [0.3, 0.4) is 0 Å². The summed E-state index contributed by atoms with van der Waals surface area (Å²) in [4.78, 5) is 0. The van der Waals surface area contributed by atoms with E-state index in [1.54, 1.807) is 0 Å². The Morgan fingerprint density at radius 3 is 2.59 bits per heavy atom. The van der Waals surface area contributed by atoms with Crippen LogP contribution in [0.4, 0.5) is 0 Å². The van der Waals surface area contributed by atoms with E-state index in [1.165, 1.54) is 0 Å². The van der Waals surface area contributed by atoms with E-state index in [2.05, 4.69) is 26.0 Å². The zero-order valence-electron chi connectivity index (χ0n) is 10.5. The molecule has 0 aromatic carbocycles. The minimum Gasteiger partial charge on any atom is -0.389 e. The molecule has 0 heterocycles. The van der Waals surface area contributed by atoms with E-state index in [-0.39, 0.29) is 6.10 Å². The zero-order valence-corrected chi connectivity index (χ0v) is 10.5. The summed E-state index contributed by atoms with van der Waals surface area (Å²) in [6.45, 7) is 5.03. The third-order valence-electron chi connectivity index (χ3n) is 8.45. The highest BCUT2D eigenvalue weighted by Crippen LogP contribution is 3.04. The molecule has 1 nitrogen and oxygen atoms in total. The molecule has 6 fully saturated rings. The van der Waals surface area contributed by atoms with Gasteiger partial charge in [-0.05, 0) is 59.2 Å². The highest BCUT2D eigenvalue weighted by molar-refractivity contribution is 5.52. The second-order valence-electron chi connectivity index (χ2n) is 8.08. The van der Waals surface area contributed by atoms with Gasteiger partial charge in [0.15, 0.2) is 0 Å². The standard InChI is InChI=1S/C16H20O/c1-6-7(2)13-10-9-11(10)14-15(12(6)9)4-3-8(17)5-16(13,14)15/h3-4,6-14,17H,5H2,1-2H3/t6-,7+,8-,9-,10-,11+,12+,13+,14-,15+,16+/m1/s1. The average molecular weight is 228 g/mol. The number of allylic oxidation sites excluding steroid dienone is 1. The molecule has 2 bridgehead atoms. The van der Waals surface area contributed by atoms with Crippen molar-refractivity contribution in [3.8, 4) is 0 Å². The third kappa shape index (κ3) is 0.514. The molecule has 0 saturated heterocycles. The molecule has 0 unspecified atom stereocenters. The molecule has 7 rings (SSSR count). The third-order valence-corrected chi connectivity index (χ3v) is 8.45. The van der Waals surface area contributed by atoms with E-state index >= 15 is 0 Å². The molecule has 7 aliphatic carbocycles. The predicted molar refractivity (Wildman–Crippen MR) is 63.9 cm³/mol. The smallest absolute Gasteiger partial charge is 0.0726 e. The first-order chi connectivity index (χ1) is 8.16. The van der Waals surface area contributed by atoms with Crippen LogP contribution < -0.4 is 0 Å². The quantitative estimate of drug-likeness (QED) is 0.631. The highest BCUT2D eigenvalue weighted by atomic mass is 16.3. The first-order valence-electron chi connectivity index (χ1n) is 7.53. The number of aliphatic hydroxyl groups excluding tert-OH is 1. The lowest BCUT2D eigenvalue weighted by molar-refractivity contribution is -0.0704. The van der Waals surface area contributed by atoms with Crippen molar-refractivity contribution in [3.05, 3.63) is 12.2 Å². The minimum atomic E-state index is -0.133. The van der Waals surface area contributed by atoms with Crippen molar-refractivity contribution in [1.82, 2.24) is 0 Å². The van der Waals surface area contributed by atoms with Crippen LogP contribution >= 0.6 is 0 Å². The maximum Gasteiger partial charge on any atom is 0.0726 e. The van der Waals surface area contributed by atoms with Gasteiger partial charge in [-0.3, -0.25) is 0 Å². The molecule has 2 spiro atoms. The summed E-state index contributed by atoms with van der Waals surface area (Å²) in [5.41, 5.74) is 1.18. The second-order valence-corrected chi connectivity index (χ2v) is 8.08. The van der Waals surface area contributed by atoms with Crippen molar-refractivity contribution in [2.24, 2.45) is 58.2 Å². The number of hydrogen-bond donors (Lipinski definition) is 1. The lowest BCUT2D eigenvalue weighted by atomic mass is 9.49. The summed E-state index contributed by atoms with van der Waals surface area (Å²) in [6.07, 6.45) is 5.60. The van der Waals surface area contributed by atoms with Crippen molar-refractivity contribution >= 4 is 0 Å². The first-order valence-corrected chi connectivity index (χ1v) is 7.53. The van der Waals surface area contributed by atoms with Crippen LogP contribution in [-0.4, -0.2) is 11.2 Å². The number of fused-ring (bicyclic) bond motifs is 1. The Morgan fingerprint density at radius 2 is 1.76 bits per heavy atom. The Hall–Kier alpha value is -0.300. The molecule has 6 saturated carbocycles. The van der Waals surface area contributed by atoms with E-state index < -0.39 is 0 Å². The van der Waals surface area contributed by atoms with Gasteiger partial charge in [-0.25, -0.2) is 0 Å². The fourth-order valence-corrected chi connectivity index (χ4v) is 8.52. The molecule has 17 heavy (non-hydrogen) atoms. The average Bonchev–Trinajstić information content (AvgIpc) is 3.07. The number of rotatable bonds is 0. The molecule has 0 aromatic rings. The van der Waals surface area contributed by atoms with Gasteiger partial charge in [0.2, 0.25) is 0 Å². The number of hydrogen-bond acceptors (Lipinski definition) is 1. The van der Waals surface area contributed by atoms with Crippen molar-refractivity contribution < 1.29 is 5.11 Å². The summed E-state index contributed by atoms with van der Waals surface area (Å²) in [5, 5.41) is 10.1. The molecule has 90 valence electrons. The summed E-state index contributed by atoms with van der Waals surface area (Å²) >= 11 is 0. The van der Waals surface area contributed by atoms with Gasteiger partial charge in [0.25, 0.3) is 0 Å². The van der Waals surface area contributed by atoms with Gasteiger partial charge in [0.1, 0.15) is 0 Å². The molecule has 7 aliphatic rings. The zero-order chi connectivity index (χ0) is 11.3. The van der Waals surface area contributed by atoms with Gasteiger partial charge in [-0.1, -0.05) is 26.0 Å². The summed E-state index contributed by atoms with van der Waals surface area (Å²) in [5.74, 6) is 8.12. The van der Waals surface area contributed by atoms with E-state index in [1.807, 2.05) is 0 Å². The lowest BCUT2D eigenvalue weighted by Gasteiger charge is -2.55. The topological polar surface area (TPSA) is 20.2 Å². The Balaban J connectivity index is 1.66. The largest absolute Gasteiger partial charge is 0.389 e. The molecule has 1 heteroatoms. The van der Waals surface area contributed by atoms with E-state index in [0.717, 1.165) is 53.8 Å². The van der Waals surface area contributed by atoms with Gasteiger partial charge in [-0.2, -0.15) is 0 Å². The van der Waals surface area contributed by atoms with Crippen LogP contribution in [-0.2, 0) is 0 Å². The summed E-state index contributed by atoms with van der Waals surface area (Å²) in [7, 11) is 0. The number of aliphatic hydroxyl groups is 1. The molecule has 1 N–H and O–H groups in total. The van der Waals surface area contributed by atoms with Crippen LogP contribution in [0, 0.1) is 58.2 Å². The van der Waals surface area contributed by atoms with E-state index in [0.29, 0.717) is 10.8 Å². The molecule has 0 radical (unpaired) electrons. The van der Waals surface area contributed by atoms with Crippen LogP contribution in [0.5, 0.6) is 0 Å². The SMILES string of the molecule is C[C@@H]1[C@H](C)[C@H]2[C@@H]3[C@@H]4[C@@H]3[C@@H]3[C@]5(C=C[C@@H](O)C[C@]235)[C@@H]14. The predicted octanol–water partition coefficient (Wildman–Crippen LogP) is 2.32. The normalized spacial score (nSPS) is 83.6. The minimum absolute atomic E-state index is 0.133. The van der Waals surface area contributed by atoms with Crippen molar-refractivity contribution in [1.29, 1.82) is 0 Å². The fraction of sp³-hybridized carbons (Fsp3) is 0.875. The van der Waals surface area contributed by atoms with Crippen molar-refractivity contribution in [3.63, 3.8) is 0 Å². The van der Waals surface area contributed by atoms with Gasteiger partial charge in [-0.15, -0.1) is 0 Å². The van der Waals surface area contributed by atoms with Crippen LogP contribution in [0.1, 0.15) is 20.3 Å². The van der Waals surface area contributed by atoms with Crippen LogP contribution in [0.15, 0.2) is 12.2 Å². The molecular weight excluding hydrogens is 208 g/mol. The second kappa shape index (κ2) is 1.95. The van der Waals surface area contributed by atoms with Gasteiger partial charge in [0, 0.05) is 5.41 Å². The Bertz CT molecular complexity index is 496. The van der Waals surface area contributed by atoms with Crippen molar-refractivity contribution in [2.75, 3.05) is 0 Å². The van der Waals surface area contributed by atoms with Gasteiger partial charge in [0.05, 0.1) is 6.10 Å². The maximum absolute atomic E-state index is 10.1. The summed E-state index contributed by atoms with van der Waals surface area (Å²) in [6, 6.07) is 0. The maximum atomic E-state index is 10.1. The molecule has 0 aromatic heterocycles. The Morgan fingerprint density at radius 1 is 1.06 bits per heavy atom. The lowest BCUT2D eigenvalue weighted by Crippen LogP contribution is -2.52. The van der Waals surface area contributed by atoms with Gasteiger partial charge >= 0.3 is 0 Å². The van der Waals surface area contributed by atoms with Crippen LogP contribution in [0.2, 0.25) is 0 Å². The molecule has 11 atom stereocenters. The van der Waals surface area contributed by atoms with Crippen LogP contribution in [0.25, 0.3) is 0 Å². The molecular formula is C16H20O. The molecule has 0 aliphatic heterocycles.